The second-order valence-electron chi connectivity index (χ2n) is 8.20. The number of rotatable bonds is 3. The van der Waals surface area contributed by atoms with E-state index in [-0.39, 0.29) is 18.4 Å². The summed E-state index contributed by atoms with van der Waals surface area (Å²) in [5, 5.41) is 0. The van der Waals surface area contributed by atoms with Crippen molar-refractivity contribution >= 4 is 11.8 Å². The third-order valence-corrected chi connectivity index (χ3v) is 6.20. The highest BCUT2D eigenvalue weighted by atomic mass is 16.5. The number of piperidine rings is 1. The largest absolute Gasteiger partial charge is 0.497 e. The van der Waals surface area contributed by atoms with Crippen LogP contribution < -0.4 is 9.47 Å². The van der Waals surface area contributed by atoms with Gasteiger partial charge in [-0.15, -0.1) is 0 Å². The molecule has 1 aromatic rings. The van der Waals surface area contributed by atoms with Gasteiger partial charge < -0.3 is 24.2 Å². The first kappa shape index (κ1) is 19.1. The maximum atomic E-state index is 13.3. The third kappa shape index (κ3) is 3.68. The minimum atomic E-state index is -0.467. The summed E-state index contributed by atoms with van der Waals surface area (Å²) in [5.41, 5.74) is 0.0382. The Bertz CT molecular complexity index is 752. The lowest BCUT2D eigenvalue weighted by Gasteiger charge is -2.41. The summed E-state index contributed by atoms with van der Waals surface area (Å²) in [6.07, 6.45) is 3.73. The highest BCUT2D eigenvalue weighted by Crippen LogP contribution is 2.37. The Morgan fingerprint density at radius 1 is 1.18 bits per heavy atom. The molecule has 7 heteroatoms. The average molecular weight is 387 g/mol. The van der Waals surface area contributed by atoms with Gasteiger partial charge in [-0.3, -0.25) is 9.59 Å². The molecule has 1 aromatic carbocycles. The molecule has 1 spiro atoms. The molecule has 0 aliphatic carbocycles. The van der Waals surface area contributed by atoms with Crippen molar-refractivity contribution < 1.29 is 19.1 Å². The predicted molar refractivity (Wildman–Crippen MR) is 105 cm³/mol. The molecule has 0 atom stereocenters. The molecule has 3 heterocycles. The summed E-state index contributed by atoms with van der Waals surface area (Å²) in [6.45, 7) is 3.95. The van der Waals surface area contributed by atoms with Gasteiger partial charge in [-0.05, 0) is 32.0 Å². The van der Waals surface area contributed by atoms with Crippen LogP contribution in [0.2, 0.25) is 0 Å². The van der Waals surface area contributed by atoms with Crippen LogP contribution >= 0.6 is 0 Å². The van der Waals surface area contributed by atoms with Crippen molar-refractivity contribution in [3.63, 3.8) is 0 Å². The monoisotopic (exact) mass is 387 g/mol. The molecule has 7 nitrogen and oxygen atoms in total. The molecule has 0 bridgehead atoms. The first-order valence-electron chi connectivity index (χ1n) is 10.1. The highest BCUT2D eigenvalue weighted by molar-refractivity contribution is 5.99. The molecule has 0 aromatic heterocycles. The fourth-order valence-corrected chi connectivity index (χ4v) is 4.39. The second-order valence-corrected chi connectivity index (χ2v) is 8.20. The molecule has 0 radical (unpaired) electrons. The van der Waals surface area contributed by atoms with E-state index in [9.17, 15) is 9.59 Å². The number of fused-ring (bicyclic) bond motifs is 1. The quantitative estimate of drug-likeness (QED) is 0.789. The van der Waals surface area contributed by atoms with Gasteiger partial charge in [-0.1, -0.05) is 0 Å². The topological polar surface area (TPSA) is 62.3 Å². The Balaban J connectivity index is 1.65. The van der Waals surface area contributed by atoms with Gasteiger partial charge in [0.15, 0.2) is 0 Å². The molecule has 0 unspecified atom stereocenters. The summed E-state index contributed by atoms with van der Waals surface area (Å²) in [5.74, 6) is 1.12. The van der Waals surface area contributed by atoms with Crippen molar-refractivity contribution in [2.24, 2.45) is 0 Å². The predicted octanol–water partition coefficient (Wildman–Crippen LogP) is 1.62. The van der Waals surface area contributed by atoms with Crippen molar-refractivity contribution in [2.75, 3.05) is 53.4 Å². The van der Waals surface area contributed by atoms with Gasteiger partial charge in [0.05, 0.1) is 19.2 Å². The Morgan fingerprint density at radius 3 is 2.57 bits per heavy atom. The van der Waals surface area contributed by atoms with Crippen LogP contribution in [0.15, 0.2) is 18.2 Å². The Labute approximate surface area is 166 Å². The van der Waals surface area contributed by atoms with Gasteiger partial charge in [-0.25, -0.2) is 0 Å². The zero-order valence-corrected chi connectivity index (χ0v) is 16.8. The summed E-state index contributed by atoms with van der Waals surface area (Å²) < 4.78 is 11.8. The van der Waals surface area contributed by atoms with Gasteiger partial charge in [0.2, 0.25) is 5.91 Å². The summed E-state index contributed by atoms with van der Waals surface area (Å²) in [6, 6.07) is 5.31. The number of carbonyl (C=O) groups excluding carboxylic acids is 2. The highest BCUT2D eigenvalue weighted by Gasteiger charge is 2.43. The maximum Gasteiger partial charge on any atom is 0.258 e. The van der Waals surface area contributed by atoms with Gasteiger partial charge >= 0.3 is 0 Å². The number of amides is 2. The first-order chi connectivity index (χ1) is 13.5. The lowest BCUT2D eigenvalue weighted by Crippen LogP contribution is -2.54. The van der Waals surface area contributed by atoms with Crippen molar-refractivity contribution in [1.82, 2.24) is 14.7 Å². The van der Waals surface area contributed by atoms with Crippen LogP contribution in [0, 0.1) is 0 Å². The fraction of sp³-hybridized carbons (Fsp3) is 0.619. The third-order valence-electron chi connectivity index (χ3n) is 6.20. The second kappa shape index (κ2) is 7.62. The fourth-order valence-electron chi connectivity index (χ4n) is 4.39. The van der Waals surface area contributed by atoms with Crippen LogP contribution in [0.5, 0.6) is 11.5 Å². The molecule has 3 aliphatic heterocycles. The van der Waals surface area contributed by atoms with Crippen LogP contribution in [-0.2, 0) is 4.79 Å². The lowest BCUT2D eigenvalue weighted by molar-refractivity contribution is -0.131. The number of ether oxygens (including phenoxy) is 2. The molecule has 152 valence electrons. The van der Waals surface area contributed by atoms with Crippen LogP contribution in [-0.4, -0.2) is 85.5 Å². The molecule has 2 saturated heterocycles. The number of hydrogen-bond acceptors (Lipinski definition) is 5. The average Bonchev–Trinajstić information content (AvgIpc) is 3.21. The van der Waals surface area contributed by atoms with E-state index in [1.165, 1.54) is 0 Å². The molecule has 2 amide bonds. The lowest BCUT2D eigenvalue weighted by atomic mass is 9.90. The summed E-state index contributed by atoms with van der Waals surface area (Å²) >= 11 is 0. The van der Waals surface area contributed by atoms with Crippen molar-refractivity contribution in [1.29, 1.82) is 0 Å². The van der Waals surface area contributed by atoms with Gasteiger partial charge in [-0.2, -0.15) is 0 Å². The van der Waals surface area contributed by atoms with Crippen LogP contribution in [0.1, 0.15) is 36.0 Å². The van der Waals surface area contributed by atoms with E-state index >= 15 is 0 Å². The van der Waals surface area contributed by atoms with E-state index in [1.807, 2.05) is 4.90 Å². The molecule has 28 heavy (non-hydrogen) atoms. The van der Waals surface area contributed by atoms with Gasteiger partial charge in [0.25, 0.3) is 5.91 Å². The number of methoxy groups -OCH3 is 1. The molecule has 3 aliphatic rings. The summed E-state index contributed by atoms with van der Waals surface area (Å²) in [7, 11) is 3.70. The number of hydrogen-bond donors (Lipinski definition) is 0. The number of carbonyl (C=O) groups is 2. The number of nitrogens with zero attached hydrogens (tertiary/aromatic N) is 3. The standard InChI is InChI=1S/C21H29N3O4/c1-22-11-7-21(8-12-22)15-24(14-19(25)23-9-3-4-10-23)20(26)17-6-5-16(27-2)13-18(17)28-21/h5-6,13H,3-4,7-12,14-15H2,1-2H3. The number of likely N-dealkylation sites (tertiary alicyclic amines) is 2. The van der Waals surface area contributed by atoms with Crippen LogP contribution in [0.25, 0.3) is 0 Å². The van der Waals surface area contributed by atoms with E-state index in [0.717, 1.165) is 51.9 Å². The van der Waals surface area contributed by atoms with E-state index in [0.29, 0.717) is 23.6 Å². The smallest absolute Gasteiger partial charge is 0.258 e. The SMILES string of the molecule is COc1ccc2c(c1)OC1(CCN(C)CC1)CN(CC(=O)N1CCCC1)C2=O. The molecular formula is C21H29N3O4. The van der Waals surface area contributed by atoms with E-state index in [2.05, 4.69) is 11.9 Å². The minimum Gasteiger partial charge on any atom is -0.497 e. The van der Waals surface area contributed by atoms with Crippen LogP contribution in [0.4, 0.5) is 0 Å². The van der Waals surface area contributed by atoms with Crippen molar-refractivity contribution in [2.45, 2.75) is 31.3 Å². The maximum absolute atomic E-state index is 13.3. The Morgan fingerprint density at radius 2 is 1.89 bits per heavy atom. The van der Waals surface area contributed by atoms with E-state index in [1.54, 1.807) is 30.2 Å². The Hall–Kier alpha value is -2.28. The van der Waals surface area contributed by atoms with Gasteiger partial charge in [0, 0.05) is 45.1 Å². The first-order valence-corrected chi connectivity index (χ1v) is 10.1. The molecule has 4 rings (SSSR count). The molecule has 2 fully saturated rings. The van der Waals surface area contributed by atoms with Crippen molar-refractivity contribution in [3.05, 3.63) is 23.8 Å². The van der Waals surface area contributed by atoms with E-state index < -0.39 is 5.60 Å². The normalized spacial score (nSPS) is 22.0. The minimum absolute atomic E-state index is 0.0332. The summed E-state index contributed by atoms with van der Waals surface area (Å²) in [4.78, 5) is 31.9. The molecule has 0 N–H and O–H groups in total. The van der Waals surface area contributed by atoms with Gasteiger partial charge in [0.1, 0.15) is 23.6 Å². The zero-order valence-electron chi connectivity index (χ0n) is 16.8. The molecule has 0 saturated carbocycles. The molecular weight excluding hydrogens is 358 g/mol. The Kier molecular flexibility index (Phi) is 5.19. The van der Waals surface area contributed by atoms with Crippen LogP contribution in [0.3, 0.4) is 0 Å². The van der Waals surface area contributed by atoms with Crippen molar-refractivity contribution in [3.8, 4) is 11.5 Å². The number of benzene rings is 1. The van der Waals surface area contributed by atoms with E-state index in [4.69, 9.17) is 9.47 Å². The zero-order chi connectivity index (χ0) is 19.7.